The number of pyridine rings is 1. The summed E-state index contributed by atoms with van der Waals surface area (Å²) in [5.74, 6) is -1.53. The maximum atomic E-state index is 12.5. The van der Waals surface area contributed by atoms with Gasteiger partial charge < -0.3 is 19.3 Å². The van der Waals surface area contributed by atoms with Crippen LogP contribution in [-0.2, 0) is 0 Å². The van der Waals surface area contributed by atoms with E-state index in [4.69, 9.17) is 9.52 Å². The van der Waals surface area contributed by atoms with Gasteiger partial charge in [-0.3, -0.25) is 14.6 Å². The smallest absolute Gasteiger partial charge is 0.338 e. The zero-order valence-corrected chi connectivity index (χ0v) is 12.7. The molecule has 24 heavy (non-hydrogen) atoms. The Kier molecular flexibility index (Phi) is 4.28. The molecule has 0 aliphatic carbocycles. The molecule has 1 saturated heterocycles. The fourth-order valence-electron chi connectivity index (χ4n) is 2.59. The summed E-state index contributed by atoms with van der Waals surface area (Å²) in [6.45, 7) is 1.37. The van der Waals surface area contributed by atoms with Crippen LogP contribution in [0.1, 0.15) is 31.3 Å². The predicted molar refractivity (Wildman–Crippen MR) is 81.7 cm³/mol. The summed E-state index contributed by atoms with van der Waals surface area (Å²) in [5, 5.41) is 9.16. The molecule has 8 heteroatoms. The molecule has 1 N–H and O–H groups in total. The van der Waals surface area contributed by atoms with Crippen LogP contribution in [0.25, 0.3) is 0 Å². The highest BCUT2D eigenvalue weighted by Gasteiger charge is 2.28. The van der Waals surface area contributed by atoms with Crippen LogP contribution in [0.4, 0.5) is 0 Å². The van der Waals surface area contributed by atoms with Gasteiger partial charge in [-0.2, -0.15) is 0 Å². The third-order valence-corrected chi connectivity index (χ3v) is 3.87. The minimum absolute atomic E-state index is 0.100. The van der Waals surface area contributed by atoms with Gasteiger partial charge in [-0.25, -0.2) is 4.79 Å². The molecule has 2 amide bonds. The fraction of sp³-hybridized carbons (Fsp3) is 0.250. The third kappa shape index (κ3) is 2.98. The van der Waals surface area contributed by atoms with Crippen molar-refractivity contribution < 1.29 is 23.9 Å². The normalized spacial score (nSPS) is 14.5. The molecule has 1 fully saturated rings. The summed E-state index contributed by atoms with van der Waals surface area (Å²) >= 11 is 0. The monoisotopic (exact) mass is 329 g/mol. The molecule has 0 aromatic carbocycles. The number of carboxylic acid groups (broad SMARTS) is 1. The molecule has 1 aliphatic rings. The number of furan rings is 1. The number of carbonyl (C=O) groups excluding carboxylic acids is 2. The molecule has 2 aromatic rings. The molecule has 0 atom stereocenters. The summed E-state index contributed by atoms with van der Waals surface area (Å²) in [7, 11) is 0. The first-order valence-electron chi connectivity index (χ1n) is 7.37. The van der Waals surface area contributed by atoms with Crippen LogP contribution in [0, 0.1) is 0 Å². The first-order valence-corrected chi connectivity index (χ1v) is 7.37. The van der Waals surface area contributed by atoms with Crippen molar-refractivity contribution in [2.45, 2.75) is 0 Å². The molecular weight excluding hydrogens is 314 g/mol. The number of hydrogen-bond acceptors (Lipinski definition) is 5. The Hall–Kier alpha value is -3.16. The van der Waals surface area contributed by atoms with Gasteiger partial charge in [0, 0.05) is 38.6 Å². The molecule has 0 spiro atoms. The molecule has 8 nitrogen and oxygen atoms in total. The van der Waals surface area contributed by atoms with Crippen molar-refractivity contribution in [1.82, 2.24) is 14.8 Å². The highest BCUT2D eigenvalue weighted by Crippen LogP contribution is 2.14. The maximum absolute atomic E-state index is 12.5. The van der Waals surface area contributed by atoms with E-state index in [-0.39, 0.29) is 28.7 Å². The Bertz CT molecular complexity index is 764. The molecule has 0 radical (unpaired) electrons. The van der Waals surface area contributed by atoms with Crippen LogP contribution in [0.2, 0.25) is 0 Å². The summed E-state index contributed by atoms with van der Waals surface area (Å²) in [6, 6.07) is 4.63. The number of carbonyl (C=O) groups is 3. The molecule has 2 aromatic heterocycles. The van der Waals surface area contributed by atoms with Gasteiger partial charge >= 0.3 is 5.97 Å². The van der Waals surface area contributed by atoms with E-state index in [2.05, 4.69) is 4.98 Å². The lowest BCUT2D eigenvalue weighted by Gasteiger charge is -2.34. The van der Waals surface area contributed by atoms with Gasteiger partial charge in [0.1, 0.15) is 0 Å². The predicted octanol–water partition coefficient (Wildman–Crippen LogP) is 0.971. The highest BCUT2D eigenvalue weighted by atomic mass is 16.4. The van der Waals surface area contributed by atoms with Crippen molar-refractivity contribution >= 4 is 17.8 Å². The van der Waals surface area contributed by atoms with Crippen molar-refractivity contribution in [2.24, 2.45) is 0 Å². The van der Waals surface area contributed by atoms with Gasteiger partial charge in [-0.15, -0.1) is 0 Å². The minimum Gasteiger partial charge on any atom is -0.478 e. The third-order valence-electron chi connectivity index (χ3n) is 3.87. The molecule has 1 aliphatic heterocycles. The number of hydrogen-bond donors (Lipinski definition) is 1. The van der Waals surface area contributed by atoms with E-state index in [1.165, 1.54) is 23.4 Å². The number of aromatic carboxylic acids is 1. The zero-order valence-electron chi connectivity index (χ0n) is 12.7. The van der Waals surface area contributed by atoms with Crippen molar-refractivity contribution in [3.05, 3.63) is 53.7 Å². The number of carboxylic acids is 1. The first-order chi connectivity index (χ1) is 11.6. The Morgan fingerprint density at radius 3 is 2.25 bits per heavy atom. The van der Waals surface area contributed by atoms with Crippen molar-refractivity contribution in [1.29, 1.82) is 0 Å². The minimum atomic E-state index is -1.20. The summed E-state index contributed by atoms with van der Waals surface area (Å²) in [4.78, 5) is 42.8. The standard InChI is InChI=1S/C16H15N3O5/c20-14(11-3-4-17-10-12(11)16(22)23)18-5-7-19(8-6-18)15(21)13-2-1-9-24-13/h1-4,9-10H,5-8H2,(H,22,23). The average Bonchev–Trinajstić information content (AvgIpc) is 3.15. The van der Waals surface area contributed by atoms with Gasteiger partial charge in [0.05, 0.1) is 17.4 Å². The lowest BCUT2D eigenvalue weighted by molar-refractivity contribution is 0.0515. The van der Waals surface area contributed by atoms with E-state index in [1.54, 1.807) is 17.0 Å². The largest absolute Gasteiger partial charge is 0.478 e. The maximum Gasteiger partial charge on any atom is 0.338 e. The van der Waals surface area contributed by atoms with Gasteiger partial charge in [0.2, 0.25) is 0 Å². The van der Waals surface area contributed by atoms with Crippen LogP contribution in [0.5, 0.6) is 0 Å². The highest BCUT2D eigenvalue weighted by molar-refractivity contribution is 6.04. The van der Waals surface area contributed by atoms with Gasteiger partial charge in [0.15, 0.2) is 5.76 Å². The Labute approximate surface area is 137 Å². The number of nitrogens with zero attached hydrogens (tertiary/aromatic N) is 3. The van der Waals surface area contributed by atoms with Gasteiger partial charge in [0.25, 0.3) is 11.8 Å². The van der Waals surface area contributed by atoms with E-state index < -0.39 is 5.97 Å². The van der Waals surface area contributed by atoms with Crippen molar-refractivity contribution in [3.8, 4) is 0 Å². The number of amides is 2. The zero-order chi connectivity index (χ0) is 17.1. The van der Waals surface area contributed by atoms with Crippen LogP contribution in [0.3, 0.4) is 0 Å². The molecule has 3 heterocycles. The molecular formula is C16H15N3O5. The molecule has 0 saturated carbocycles. The molecule has 0 bridgehead atoms. The lowest BCUT2D eigenvalue weighted by atomic mass is 10.1. The Morgan fingerprint density at radius 1 is 1.00 bits per heavy atom. The van der Waals surface area contributed by atoms with Crippen molar-refractivity contribution in [2.75, 3.05) is 26.2 Å². The summed E-state index contributed by atoms with van der Waals surface area (Å²) in [5.41, 5.74) is -0.0279. The van der Waals surface area contributed by atoms with E-state index >= 15 is 0 Å². The van der Waals surface area contributed by atoms with Crippen LogP contribution in [0.15, 0.2) is 41.3 Å². The lowest BCUT2D eigenvalue weighted by Crippen LogP contribution is -2.50. The fourth-order valence-corrected chi connectivity index (χ4v) is 2.59. The molecule has 0 unspecified atom stereocenters. The second kappa shape index (κ2) is 6.53. The van der Waals surface area contributed by atoms with Crippen molar-refractivity contribution in [3.63, 3.8) is 0 Å². The SMILES string of the molecule is O=C(O)c1cnccc1C(=O)N1CCN(C(=O)c2ccco2)CC1. The first kappa shape index (κ1) is 15.7. The second-order valence-electron chi connectivity index (χ2n) is 5.29. The second-order valence-corrected chi connectivity index (χ2v) is 5.29. The van der Waals surface area contributed by atoms with E-state index in [1.807, 2.05) is 0 Å². The molecule has 124 valence electrons. The number of piperazine rings is 1. The summed E-state index contributed by atoms with van der Waals surface area (Å²) in [6.07, 6.45) is 3.98. The summed E-state index contributed by atoms with van der Waals surface area (Å²) < 4.78 is 5.09. The van der Waals surface area contributed by atoms with Gasteiger partial charge in [-0.05, 0) is 18.2 Å². The Morgan fingerprint density at radius 2 is 1.67 bits per heavy atom. The molecule has 3 rings (SSSR count). The van der Waals surface area contributed by atoms with E-state index in [0.717, 1.165) is 6.20 Å². The number of aromatic nitrogens is 1. The Balaban J connectivity index is 1.68. The van der Waals surface area contributed by atoms with Crippen LogP contribution < -0.4 is 0 Å². The van der Waals surface area contributed by atoms with E-state index in [0.29, 0.717) is 26.2 Å². The van der Waals surface area contributed by atoms with Gasteiger partial charge in [-0.1, -0.05) is 0 Å². The van der Waals surface area contributed by atoms with E-state index in [9.17, 15) is 14.4 Å². The van der Waals surface area contributed by atoms with Crippen LogP contribution in [-0.4, -0.2) is 63.9 Å². The average molecular weight is 329 g/mol. The topological polar surface area (TPSA) is 104 Å². The van der Waals surface area contributed by atoms with Crippen LogP contribution >= 0.6 is 0 Å². The quantitative estimate of drug-likeness (QED) is 0.900. The number of rotatable bonds is 3.